The Labute approximate surface area is 166 Å². The minimum Gasteiger partial charge on any atom is -0.465 e. The van der Waals surface area contributed by atoms with Gasteiger partial charge < -0.3 is 4.74 Å². The Hall–Kier alpha value is -0.860. The molecule has 3 fully saturated rings. The van der Waals surface area contributed by atoms with E-state index in [0.717, 1.165) is 24.2 Å². The molecule has 3 nitrogen and oxygen atoms in total. The Morgan fingerprint density at radius 3 is 1.89 bits per heavy atom. The monoisotopic (exact) mass is 376 g/mol. The highest BCUT2D eigenvalue weighted by Crippen LogP contribution is 2.47. The number of Topliss-reactive ketones (excluding diaryl/α,β-unsaturated/α-hetero) is 1. The summed E-state index contributed by atoms with van der Waals surface area (Å²) in [5, 5.41) is 0. The number of ether oxygens (including phenoxy) is 1. The molecule has 0 amide bonds. The second-order valence-electron chi connectivity index (χ2n) is 9.84. The van der Waals surface area contributed by atoms with E-state index in [4.69, 9.17) is 4.74 Å². The van der Waals surface area contributed by atoms with E-state index in [9.17, 15) is 9.59 Å². The van der Waals surface area contributed by atoms with Crippen LogP contribution in [0.2, 0.25) is 0 Å². The Morgan fingerprint density at radius 1 is 0.889 bits per heavy atom. The largest absolute Gasteiger partial charge is 0.465 e. The Kier molecular flexibility index (Phi) is 7.03. The third-order valence-electron chi connectivity index (χ3n) is 8.42. The lowest BCUT2D eigenvalue weighted by atomic mass is 9.62. The van der Waals surface area contributed by atoms with Crippen LogP contribution in [0.25, 0.3) is 0 Å². The normalized spacial score (nSPS) is 40.6. The predicted molar refractivity (Wildman–Crippen MR) is 108 cm³/mol. The summed E-state index contributed by atoms with van der Waals surface area (Å²) in [7, 11) is 0. The van der Waals surface area contributed by atoms with E-state index in [1.54, 1.807) is 6.92 Å². The average molecular weight is 377 g/mol. The topological polar surface area (TPSA) is 43.4 Å². The molecule has 1 unspecified atom stereocenters. The smallest absolute Gasteiger partial charge is 0.319 e. The van der Waals surface area contributed by atoms with Gasteiger partial charge in [-0.3, -0.25) is 9.59 Å². The van der Waals surface area contributed by atoms with Gasteiger partial charge in [-0.15, -0.1) is 0 Å². The third kappa shape index (κ3) is 4.59. The van der Waals surface area contributed by atoms with Crippen molar-refractivity contribution >= 4 is 11.8 Å². The highest BCUT2D eigenvalue weighted by Gasteiger charge is 2.47. The Balaban J connectivity index is 1.47. The third-order valence-corrected chi connectivity index (χ3v) is 8.42. The maximum Gasteiger partial charge on any atom is 0.319 e. The minimum atomic E-state index is -0.887. The molecular weight excluding hydrogens is 336 g/mol. The molecule has 0 radical (unpaired) electrons. The number of carbonyl (C=O) groups excluding carboxylic acids is 2. The van der Waals surface area contributed by atoms with Crippen LogP contribution in [0.3, 0.4) is 0 Å². The fourth-order valence-corrected chi connectivity index (χ4v) is 6.24. The van der Waals surface area contributed by atoms with Crippen molar-refractivity contribution < 1.29 is 14.3 Å². The molecule has 0 aromatic heterocycles. The maximum absolute atomic E-state index is 12.8. The number of hydrogen-bond acceptors (Lipinski definition) is 3. The first kappa shape index (κ1) is 20.9. The summed E-state index contributed by atoms with van der Waals surface area (Å²) in [6.07, 6.45) is 14.8. The lowest BCUT2D eigenvalue weighted by Crippen LogP contribution is -2.44. The number of esters is 1. The molecule has 0 aromatic rings. The summed E-state index contributed by atoms with van der Waals surface area (Å²) in [5.74, 6) is 3.90. The van der Waals surface area contributed by atoms with Crippen LogP contribution in [-0.4, -0.2) is 18.4 Å². The van der Waals surface area contributed by atoms with Crippen molar-refractivity contribution in [1.29, 1.82) is 0 Å². The van der Waals surface area contributed by atoms with E-state index in [-0.39, 0.29) is 11.8 Å². The Morgan fingerprint density at radius 2 is 1.41 bits per heavy atom. The summed E-state index contributed by atoms with van der Waals surface area (Å²) >= 11 is 0. The fraction of sp³-hybridized carbons (Fsp3) is 0.917. The van der Waals surface area contributed by atoms with Gasteiger partial charge in [0.25, 0.3) is 0 Å². The molecule has 0 aliphatic heterocycles. The molecule has 3 saturated carbocycles. The zero-order valence-electron chi connectivity index (χ0n) is 17.8. The van der Waals surface area contributed by atoms with Gasteiger partial charge in [0.1, 0.15) is 11.2 Å². The second kappa shape index (κ2) is 9.09. The number of rotatable bonds is 5. The van der Waals surface area contributed by atoms with Gasteiger partial charge in [-0.05, 0) is 94.8 Å². The van der Waals surface area contributed by atoms with E-state index in [0.29, 0.717) is 31.3 Å². The molecule has 0 N–H and O–H groups in total. The summed E-state index contributed by atoms with van der Waals surface area (Å²) < 4.78 is 5.17. The van der Waals surface area contributed by atoms with Crippen molar-refractivity contribution in [2.45, 2.75) is 97.8 Å². The molecule has 0 spiro atoms. The van der Waals surface area contributed by atoms with Crippen molar-refractivity contribution in [3.8, 4) is 0 Å². The van der Waals surface area contributed by atoms with Crippen LogP contribution in [0.5, 0.6) is 0 Å². The molecule has 0 bridgehead atoms. The zero-order chi connectivity index (χ0) is 19.4. The van der Waals surface area contributed by atoms with Gasteiger partial charge in [0.05, 0.1) is 6.61 Å². The molecule has 3 rings (SSSR count). The van der Waals surface area contributed by atoms with Crippen LogP contribution in [0.15, 0.2) is 0 Å². The molecule has 0 aromatic carbocycles. The van der Waals surface area contributed by atoms with Gasteiger partial charge >= 0.3 is 5.97 Å². The van der Waals surface area contributed by atoms with Crippen molar-refractivity contribution in [2.75, 3.05) is 6.61 Å². The molecule has 0 heterocycles. The first-order valence-corrected chi connectivity index (χ1v) is 11.7. The molecule has 3 aliphatic carbocycles. The van der Waals surface area contributed by atoms with Crippen LogP contribution < -0.4 is 0 Å². The van der Waals surface area contributed by atoms with Crippen LogP contribution in [0.1, 0.15) is 97.8 Å². The fourth-order valence-electron chi connectivity index (χ4n) is 6.24. The average Bonchev–Trinajstić information content (AvgIpc) is 2.70. The van der Waals surface area contributed by atoms with Crippen LogP contribution in [-0.2, 0) is 14.3 Å². The molecule has 27 heavy (non-hydrogen) atoms. The summed E-state index contributed by atoms with van der Waals surface area (Å²) in [4.78, 5) is 25.0. The molecular formula is C24H40O3. The zero-order valence-corrected chi connectivity index (χ0v) is 17.8. The second-order valence-corrected chi connectivity index (χ2v) is 9.84. The quantitative estimate of drug-likeness (QED) is 0.440. The lowest BCUT2D eigenvalue weighted by Gasteiger charge is -2.42. The van der Waals surface area contributed by atoms with Crippen LogP contribution in [0, 0.1) is 35.0 Å². The molecule has 154 valence electrons. The van der Waals surface area contributed by atoms with Gasteiger partial charge in [0.2, 0.25) is 0 Å². The molecule has 2 atom stereocenters. The summed E-state index contributed by atoms with van der Waals surface area (Å²) in [6, 6.07) is 0. The molecule has 0 saturated heterocycles. The van der Waals surface area contributed by atoms with Gasteiger partial charge in [0.15, 0.2) is 0 Å². The van der Waals surface area contributed by atoms with E-state index in [1.165, 1.54) is 57.8 Å². The standard InChI is InChI=1S/C24H40O3/c1-4-17-6-8-18(9-7-17)19-10-12-20(13-11-19)21-14-15-24(3,22(25)16-21)23(26)27-5-2/h17-21H,4-16H2,1-3H3/t17-,18-,19?,20?,21?,24-/m0/s1. The predicted octanol–water partition coefficient (Wildman–Crippen LogP) is 5.95. The highest BCUT2D eigenvalue weighted by molar-refractivity contribution is 6.03. The molecule has 3 aliphatic rings. The SMILES string of the molecule is CCOC(=O)[C@@]1(C)CCC(C2CCC([C@H]3CC[C@H](CC)CC3)CC2)CC1=O. The van der Waals surface area contributed by atoms with E-state index >= 15 is 0 Å². The van der Waals surface area contributed by atoms with Crippen molar-refractivity contribution in [3.63, 3.8) is 0 Å². The van der Waals surface area contributed by atoms with Crippen LogP contribution in [0.4, 0.5) is 0 Å². The van der Waals surface area contributed by atoms with E-state index < -0.39 is 5.41 Å². The summed E-state index contributed by atoms with van der Waals surface area (Å²) in [6.45, 7) is 6.31. The number of hydrogen-bond donors (Lipinski definition) is 0. The number of ketones is 1. The van der Waals surface area contributed by atoms with E-state index in [1.807, 2.05) is 6.92 Å². The first-order chi connectivity index (χ1) is 13.0. The van der Waals surface area contributed by atoms with Crippen molar-refractivity contribution in [3.05, 3.63) is 0 Å². The van der Waals surface area contributed by atoms with Crippen LogP contribution >= 0.6 is 0 Å². The van der Waals surface area contributed by atoms with Gasteiger partial charge in [-0.2, -0.15) is 0 Å². The lowest BCUT2D eigenvalue weighted by molar-refractivity contribution is -0.162. The van der Waals surface area contributed by atoms with Gasteiger partial charge in [-0.25, -0.2) is 0 Å². The minimum absolute atomic E-state index is 0.122. The van der Waals surface area contributed by atoms with E-state index in [2.05, 4.69) is 6.92 Å². The molecule has 3 heteroatoms. The van der Waals surface area contributed by atoms with Crippen molar-refractivity contribution in [1.82, 2.24) is 0 Å². The maximum atomic E-state index is 12.8. The van der Waals surface area contributed by atoms with Gasteiger partial charge in [0, 0.05) is 6.42 Å². The van der Waals surface area contributed by atoms with Crippen molar-refractivity contribution in [2.24, 2.45) is 35.0 Å². The Bertz CT molecular complexity index is 512. The van der Waals surface area contributed by atoms with Gasteiger partial charge in [-0.1, -0.05) is 26.2 Å². The number of carbonyl (C=O) groups is 2. The first-order valence-electron chi connectivity index (χ1n) is 11.7. The highest BCUT2D eigenvalue weighted by atomic mass is 16.5. The summed E-state index contributed by atoms with van der Waals surface area (Å²) in [5.41, 5.74) is -0.887.